The number of anilines is 1. The number of carbonyl (C=O) groups excluding carboxylic acids is 1. The van der Waals surface area contributed by atoms with Crippen LogP contribution in [-0.4, -0.2) is 27.3 Å². The summed E-state index contributed by atoms with van der Waals surface area (Å²) < 4.78 is 7.55. The first kappa shape index (κ1) is 14.5. The van der Waals surface area contributed by atoms with E-state index in [1.807, 2.05) is 19.2 Å². The average Bonchev–Trinajstić information content (AvgIpc) is 2.83. The fourth-order valence-electron chi connectivity index (χ4n) is 1.70. The summed E-state index contributed by atoms with van der Waals surface area (Å²) in [6.07, 6.45) is 1.49. The topological polar surface area (TPSA) is 69.0 Å². The molecule has 0 aliphatic rings. The van der Waals surface area contributed by atoms with Crippen molar-refractivity contribution in [2.45, 2.75) is 13.5 Å². The Bertz CT molecular complexity index is 612. The molecule has 106 valence electrons. The number of benzene rings is 1. The Morgan fingerprint density at radius 1 is 1.50 bits per heavy atom. The van der Waals surface area contributed by atoms with Crippen LogP contribution in [0, 0.1) is 0 Å². The molecule has 0 aliphatic heterocycles. The van der Waals surface area contributed by atoms with Gasteiger partial charge in [-0.05, 0) is 25.1 Å². The van der Waals surface area contributed by atoms with E-state index < -0.39 is 0 Å². The third-order valence-corrected chi connectivity index (χ3v) is 3.21. The number of rotatable bonds is 5. The van der Waals surface area contributed by atoms with Crippen molar-refractivity contribution in [3.05, 3.63) is 40.4 Å². The van der Waals surface area contributed by atoms with Crippen LogP contribution in [-0.2, 0) is 18.3 Å². The maximum atomic E-state index is 11.9. The zero-order valence-electron chi connectivity index (χ0n) is 11.3. The molecule has 2 aromatic rings. The Morgan fingerprint density at radius 2 is 2.30 bits per heavy atom. The van der Waals surface area contributed by atoms with Crippen LogP contribution in [0.4, 0.5) is 5.69 Å². The van der Waals surface area contributed by atoms with E-state index in [0.717, 1.165) is 10.3 Å². The largest absolute Gasteiger partial charge is 0.462 e. The second kappa shape index (κ2) is 6.51. The van der Waals surface area contributed by atoms with Crippen molar-refractivity contribution in [2.75, 3.05) is 11.9 Å². The van der Waals surface area contributed by atoms with Gasteiger partial charge < -0.3 is 10.1 Å². The van der Waals surface area contributed by atoms with Gasteiger partial charge in [-0.1, -0.05) is 15.9 Å². The van der Waals surface area contributed by atoms with E-state index in [9.17, 15) is 4.79 Å². The minimum Gasteiger partial charge on any atom is -0.462 e. The van der Waals surface area contributed by atoms with Gasteiger partial charge in [0.1, 0.15) is 12.2 Å². The van der Waals surface area contributed by atoms with Crippen molar-refractivity contribution >= 4 is 27.6 Å². The first-order valence-electron chi connectivity index (χ1n) is 6.15. The number of ether oxygens (including phenoxy) is 1. The summed E-state index contributed by atoms with van der Waals surface area (Å²) in [5.74, 6) is 0.428. The van der Waals surface area contributed by atoms with E-state index >= 15 is 0 Å². The number of nitrogens with zero attached hydrogens (tertiary/aromatic N) is 3. The van der Waals surface area contributed by atoms with Gasteiger partial charge in [-0.15, -0.1) is 0 Å². The van der Waals surface area contributed by atoms with Gasteiger partial charge in [-0.25, -0.2) is 9.78 Å². The Kier molecular flexibility index (Phi) is 4.73. The zero-order chi connectivity index (χ0) is 14.5. The molecule has 0 amide bonds. The van der Waals surface area contributed by atoms with E-state index in [2.05, 4.69) is 31.3 Å². The van der Waals surface area contributed by atoms with Crippen LogP contribution in [0.3, 0.4) is 0 Å². The maximum Gasteiger partial charge on any atom is 0.340 e. The molecule has 1 N–H and O–H groups in total. The minimum atomic E-state index is -0.353. The number of hydrogen-bond donors (Lipinski definition) is 1. The summed E-state index contributed by atoms with van der Waals surface area (Å²) in [4.78, 5) is 16.1. The number of carbonyl (C=O) groups is 1. The lowest BCUT2D eigenvalue weighted by Crippen LogP contribution is -2.12. The molecule has 0 bridgehead atoms. The molecule has 0 atom stereocenters. The van der Waals surface area contributed by atoms with Gasteiger partial charge in [0.2, 0.25) is 0 Å². The van der Waals surface area contributed by atoms with Crippen molar-refractivity contribution in [1.29, 1.82) is 0 Å². The standard InChI is InChI=1S/C13H15BrN4O2/c1-3-20-13(19)10-6-9(14)4-5-11(10)15-7-12-16-8-17-18(12)2/h4-6,8,15H,3,7H2,1-2H3. The quantitative estimate of drug-likeness (QED) is 0.847. The summed E-state index contributed by atoms with van der Waals surface area (Å²) in [6, 6.07) is 5.42. The average molecular weight is 339 g/mol. The fraction of sp³-hybridized carbons (Fsp3) is 0.308. The van der Waals surface area contributed by atoms with Crippen LogP contribution in [0.1, 0.15) is 23.1 Å². The third kappa shape index (κ3) is 3.36. The summed E-state index contributed by atoms with van der Waals surface area (Å²) in [7, 11) is 1.82. The normalized spacial score (nSPS) is 10.3. The lowest BCUT2D eigenvalue weighted by atomic mass is 10.2. The smallest absolute Gasteiger partial charge is 0.340 e. The van der Waals surface area contributed by atoms with Crippen molar-refractivity contribution < 1.29 is 9.53 Å². The Balaban J connectivity index is 2.18. The second-order valence-electron chi connectivity index (χ2n) is 4.06. The molecule has 1 heterocycles. The van der Waals surface area contributed by atoms with Crippen LogP contribution < -0.4 is 5.32 Å². The van der Waals surface area contributed by atoms with E-state index in [4.69, 9.17) is 4.74 Å². The van der Waals surface area contributed by atoms with Crippen molar-refractivity contribution in [3.8, 4) is 0 Å². The lowest BCUT2D eigenvalue weighted by Gasteiger charge is -2.11. The van der Waals surface area contributed by atoms with E-state index in [-0.39, 0.29) is 5.97 Å². The monoisotopic (exact) mass is 338 g/mol. The number of aromatic nitrogens is 3. The van der Waals surface area contributed by atoms with Crippen LogP contribution in [0.25, 0.3) is 0 Å². The predicted molar refractivity (Wildman–Crippen MR) is 78.4 cm³/mol. The SMILES string of the molecule is CCOC(=O)c1cc(Br)ccc1NCc1ncnn1C. The highest BCUT2D eigenvalue weighted by Crippen LogP contribution is 2.22. The Labute approximate surface area is 125 Å². The van der Waals surface area contributed by atoms with Gasteiger partial charge in [-0.3, -0.25) is 4.68 Å². The number of nitrogens with one attached hydrogen (secondary N) is 1. The minimum absolute atomic E-state index is 0.341. The third-order valence-electron chi connectivity index (χ3n) is 2.72. The lowest BCUT2D eigenvalue weighted by molar-refractivity contribution is 0.0527. The molecule has 0 saturated heterocycles. The highest BCUT2D eigenvalue weighted by molar-refractivity contribution is 9.10. The first-order valence-corrected chi connectivity index (χ1v) is 6.94. The van der Waals surface area contributed by atoms with Gasteiger partial charge in [0.05, 0.1) is 18.7 Å². The van der Waals surface area contributed by atoms with Crippen molar-refractivity contribution in [3.63, 3.8) is 0 Å². The molecule has 0 aliphatic carbocycles. The summed E-state index contributed by atoms with van der Waals surface area (Å²) >= 11 is 3.36. The first-order chi connectivity index (χ1) is 9.61. The number of halogens is 1. The summed E-state index contributed by atoms with van der Waals surface area (Å²) in [6.45, 7) is 2.60. The summed E-state index contributed by atoms with van der Waals surface area (Å²) in [5, 5.41) is 7.17. The van der Waals surface area contributed by atoms with E-state index in [1.165, 1.54) is 6.33 Å². The maximum absolute atomic E-state index is 11.9. The van der Waals surface area contributed by atoms with Crippen molar-refractivity contribution in [1.82, 2.24) is 14.8 Å². The molecule has 1 aromatic heterocycles. The van der Waals surface area contributed by atoms with Gasteiger partial charge >= 0.3 is 5.97 Å². The highest BCUT2D eigenvalue weighted by Gasteiger charge is 2.13. The predicted octanol–water partition coefficient (Wildman–Crippen LogP) is 2.37. The fourth-order valence-corrected chi connectivity index (χ4v) is 2.06. The number of aryl methyl sites for hydroxylation is 1. The molecule has 1 aromatic carbocycles. The van der Waals surface area contributed by atoms with Crippen molar-refractivity contribution in [2.24, 2.45) is 7.05 Å². The molecule has 6 nitrogen and oxygen atoms in total. The van der Waals surface area contributed by atoms with Crippen LogP contribution in [0.5, 0.6) is 0 Å². The number of esters is 1. The van der Waals surface area contributed by atoms with Gasteiger partial charge in [0.25, 0.3) is 0 Å². The van der Waals surface area contributed by atoms with Crippen LogP contribution in [0.2, 0.25) is 0 Å². The Hall–Kier alpha value is -1.89. The summed E-state index contributed by atoms with van der Waals surface area (Å²) in [5.41, 5.74) is 1.19. The van der Waals surface area contributed by atoms with E-state index in [1.54, 1.807) is 17.7 Å². The molecule has 0 saturated carbocycles. The highest BCUT2D eigenvalue weighted by atomic mass is 79.9. The van der Waals surface area contributed by atoms with Gasteiger partial charge in [-0.2, -0.15) is 5.10 Å². The van der Waals surface area contributed by atoms with Crippen LogP contribution in [0.15, 0.2) is 29.0 Å². The molecule has 0 unspecified atom stereocenters. The molecule has 2 rings (SSSR count). The van der Waals surface area contributed by atoms with Gasteiger partial charge in [0.15, 0.2) is 0 Å². The van der Waals surface area contributed by atoms with Gasteiger partial charge in [0, 0.05) is 17.2 Å². The molecule has 7 heteroatoms. The zero-order valence-corrected chi connectivity index (χ0v) is 12.8. The van der Waals surface area contributed by atoms with Crippen LogP contribution >= 0.6 is 15.9 Å². The Morgan fingerprint density at radius 3 is 2.95 bits per heavy atom. The molecule has 20 heavy (non-hydrogen) atoms. The molecular weight excluding hydrogens is 324 g/mol. The number of hydrogen-bond acceptors (Lipinski definition) is 5. The molecule has 0 fully saturated rings. The second-order valence-corrected chi connectivity index (χ2v) is 4.98. The molecule has 0 radical (unpaired) electrons. The molecule has 0 spiro atoms. The molecular formula is C13H15BrN4O2. The van der Waals surface area contributed by atoms with E-state index in [0.29, 0.717) is 24.4 Å².